The number of esters is 1. The molecule has 0 unspecified atom stereocenters. The van der Waals surface area contributed by atoms with E-state index in [0.717, 1.165) is 5.56 Å². The molecular formula is C18H18O2. The summed E-state index contributed by atoms with van der Waals surface area (Å²) >= 11 is 0. The van der Waals surface area contributed by atoms with Crippen LogP contribution in [0.5, 0.6) is 0 Å². The molecule has 0 amide bonds. The first-order valence-corrected chi connectivity index (χ1v) is 6.97. The van der Waals surface area contributed by atoms with Crippen LogP contribution < -0.4 is 0 Å². The number of hydrogen-bond acceptors (Lipinski definition) is 2. The fraction of sp³-hybridized carbons (Fsp3) is 0.278. The summed E-state index contributed by atoms with van der Waals surface area (Å²) in [6, 6.07) is 16.4. The minimum atomic E-state index is -0.161. The Morgan fingerprint density at radius 1 is 0.950 bits per heavy atom. The van der Waals surface area contributed by atoms with Gasteiger partial charge in [-0.3, -0.25) is 4.79 Å². The molecule has 1 aliphatic heterocycles. The lowest BCUT2D eigenvalue weighted by molar-refractivity contribution is -0.141. The average molecular weight is 266 g/mol. The first-order chi connectivity index (χ1) is 9.66. The fourth-order valence-electron chi connectivity index (χ4n) is 3.09. The minimum absolute atomic E-state index is 0.105. The lowest BCUT2D eigenvalue weighted by Crippen LogP contribution is -2.09. The van der Waals surface area contributed by atoms with Gasteiger partial charge in [0.05, 0.1) is 6.42 Å². The van der Waals surface area contributed by atoms with Gasteiger partial charge < -0.3 is 4.74 Å². The van der Waals surface area contributed by atoms with Crippen molar-refractivity contribution in [3.05, 3.63) is 70.8 Å². The van der Waals surface area contributed by atoms with Gasteiger partial charge in [-0.15, -0.1) is 0 Å². The summed E-state index contributed by atoms with van der Waals surface area (Å²) in [7, 11) is 0. The van der Waals surface area contributed by atoms with Crippen molar-refractivity contribution in [3.63, 3.8) is 0 Å². The van der Waals surface area contributed by atoms with Crippen molar-refractivity contribution >= 4 is 5.97 Å². The van der Waals surface area contributed by atoms with Gasteiger partial charge >= 0.3 is 5.97 Å². The molecule has 0 saturated carbocycles. The highest BCUT2D eigenvalue weighted by Gasteiger charge is 2.38. The number of hydrogen-bond donors (Lipinski definition) is 0. The maximum absolute atomic E-state index is 11.8. The highest BCUT2D eigenvalue weighted by Crippen LogP contribution is 2.44. The molecule has 1 fully saturated rings. The summed E-state index contributed by atoms with van der Waals surface area (Å²) in [5, 5.41) is 0. The molecule has 1 saturated heterocycles. The van der Waals surface area contributed by atoms with E-state index in [1.54, 1.807) is 0 Å². The number of benzene rings is 2. The van der Waals surface area contributed by atoms with Crippen molar-refractivity contribution in [1.29, 1.82) is 0 Å². The van der Waals surface area contributed by atoms with E-state index in [1.165, 1.54) is 16.7 Å². The van der Waals surface area contributed by atoms with Gasteiger partial charge in [-0.1, -0.05) is 48.5 Å². The fourth-order valence-corrected chi connectivity index (χ4v) is 3.09. The zero-order valence-corrected chi connectivity index (χ0v) is 11.8. The quantitative estimate of drug-likeness (QED) is 0.766. The van der Waals surface area contributed by atoms with E-state index in [4.69, 9.17) is 4.74 Å². The summed E-state index contributed by atoms with van der Waals surface area (Å²) in [5.41, 5.74) is 4.70. The molecule has 0 aliphatic carbocycles. The molecule has 0 radical (unpaired) electrons. The van der Waals surface area contributed by atoms with Crippen LogP contribution in [0.4, 0.5) is 0 Å². The maximum atomic E-state index is 11.8. The molecule has 3 rings (SSSR count). The van der Waals surface area contributed by atoms with Crippen LogP contribution in [0.1, 0.15) is 40.7 Å². The van der Waals surface area contributed by atoms with Crippen LogP contribution in [0, 0.1) is 13.8 Å². The standard InChI is InChI=1S/C18H18O2/c1-12-7-6-8-13(2)17(12)18-15(11-16(19)20-18)14-9-4-3-5-10-14/h3-10,15,18H,11H2,1-2H3/t15-,18-/m1/s1. The third-order valence-electron chi connectivity index (χ3n) is 4.06. The molecule has 20 heavy (non-hydrogen) atoms. The molecule has 0 aromatic heterocycles. The smallest absolute Gasteiger partial charge is 0.307 e. The molecule has 2 aromatic rings. The van der Waals surface area contributed by atoms with Crippen molar-refractivity contribution in [2.24, 2.45) is 0 Å². The lowest BCUT2D eigenvalue weighted by Gasteiger charge is -2.22. The highest BCUT2D eigenvalue weighted by molar-refractivity contribution is 5.74. The third-order valence-corrected chi connectivity index (χ3v) is 4.06. The summed E-state index contributed by atoms with van der Waals surface area (Å²) in [4.78, 5) is 11.8. The van der Waals surface area contributed by atoms with Crippen LogP contribution in [0.3, 0.4) is 0 Å². The monoisotopic (exact) mass is 266 g/mol. The second kappa shape index (κ2) is 5.12. The van der Waals surface area contributed by atoms with Gasteiger partial charge in [0.25, 0.3) is 0 Å². The molecule has 2 atom stereocenters. The SMILES string of the molecule is Cc1cccc(C)c1[C@@H]1OC(=O)C[C@@H]1c1ccccc1. The molecule has 1 heterocycles. The number of cyclic esters (lactones) is 1. The van der Waals surface area contributed by atoms with Gasteiger partial charge in [-0.05, 0) is 36.1 Å². The number of carbonyl (C=O) groups excluding carboxylic acids is 1. The Labute approximate surface area is 119 Å². The van der Waals surface area contributed by atoms with Gasteiger partial charge in [0.15, 0.2) is 0 Å². The minimum Gasteiger partial charge on any atom is -0.457 e. The first kappa shape index (κ1) is 12.9. The summed E-state index contributed by atoms with van der Waals surface area (Å²) < 4.78 is 5.64. The summed E-state index contributed by atoms with van der Waals surface area (Å²) in [6.07, 6.45) is 0.300. The zero-order chi connectivity index (χ0) is 14.1. The predicted molar refractivity (Wildman–Crippen MR) is 78.5 cm³/mol. The molecule has 1 aliphatic rings. The van der Waals surface area contributed by atoms with E-state index in [-0.39, 0.29) is 18.0 Å². The van der Waals surface area contributed by atoms with Crippen molar-refractivity contribution in [2.45, 2.75) is 32.3 Å². The van der Waals surface area contributed by atoms with Crippen LogP contribution in [0.15, 0.2) is 48.5 Å². The molecule has 2 heteroatoms. The zero-order valence-electron chi connectivity index (χ0n) is 11.8. The predicted octanol–water partition coefficient (Wildman–Crippen LogP) is 4.08. The number of aryl methyl sites for hydroxylation is 2. The molecule has 0 bridgehead atoms. The van der Waals surface area contributed by atoms with Crippen LogP contribution in [0.25, 0.3) is 0 Å². The van der Waals surface area contributed by atoms with Crippen LogP contribution in [-0.2, 0) is 9.53 Å². The van der Waals surface area contributed by atoms with Crippen molar-refractivity contribution < 1.29 is 9.53 Å². The van der Waals surface area contributed by atoms with E-state index in [1.807, 2.05) is 24.3 Å². The number of carbonyl (C=O) groups is 1. The van der Waals surface area contributed by atoms with E-state index in [2.05, 4.69) is 38.1 Å². The number of ether oxygens (including phenoxy) is 1. The van der Waals surface area contributed by atoms with Gasteiger partial charge in [-0.25, -0.2) is 0 Å². The second-order valence-corrected chi connectivity index (χ2v) is 5.44. The molecular weight excluding hydrogens is 248 g/mol. The van der Waals surface area contributed by atoms with Gasteiger partial charge in [0.2, 0.25) is 0 Å². The topological polar surface area (TPSA) is 26.3 Å². The number of rotatable bonds is 2. The average Bonchev–Trinajstić information content (AvgIpc) is 2.81. The maximum Gasteiger partial charge on any atom is 0.307 e. The molecule has 2 aromatic carbocycles. The Kier molecular flexibility index (Phi) is 3.31. The Morgan fingerprint density at radius 2 is 1.60 bits per heavy atom. The third kappa shape index (κ3) is 2.22. The second-order valence-electron chi connectivity index (χ2n) is 5.44. The Balaban J connectivity index is 2.05. The normalized spacial score (nSPS) is 21.8. The Bertz CT molecular complexity index is 611. The van der Waals surface area contributed by atoms with E-state index < -0.39 is 0 Å². The molecule has 2 nitrogen and oxygen atoms in total. The molecule has 102 valence electrons. The van der Waals surface area contributed by atoms with E-state index in [9.17, 15) is 4.79 Å². The van der Waals surface area contributed by atoms with Gasteiger partial charge in [-0.2, -0.15) is 0 Å². The Morgan fingerprint density at radius 3 is 2.25 bits per heavy atom. The first-order valence-electron chi connectivity index (χ1n) is 6.97. The summed E-state index contributed by atoms with van der Waals surface area (Å²) in [5.74, 6) is 0.00926. The lowest BCUT2D eigenvalue weighted by atomic mass is 9.85. The Hall–Kier alpha value is -2.09. The van der Waals surface area contributed by atoms with Gasteiger partial charge in [0.1, 0.15) is 6.10 Å². The molecule has 0 spiro atoms. The summed E-state index contributed by atoms with van der Waals surface area (Å²) in [6.45, 7) is 4.16. The van der Waals surface area contributed by atoms with Gasteiger partial charge in [0, 0.05) is 5.92 Å². The molecule has 0 N–H and O–H groups in total. The van der Waals surface area contributed by atoms with Crippen molar-refractivity contribution in [1.82, 2.24) is 0 Å². The highest BCUT2D eigenvalue weighted by atomic mass is 16.5. The van der Waals surface area contributed by atoms with Crippen molar-refractivity contribution in [3.8, 4) is 0 Å². The largest absolute Gasteiger partial charge is 0.457 e. The van der Waals surface area contributed by atoms with Crippen LogP contribution in [0.2, 0.25) is 0 Å². The van der Waals surface area contributed by atoms with E-state index in [0.29, 0.717) is 6.42 Å². The van der Waals surface area contributed by atoms with Crippen LogP contribution >= 0.6 is 0 Å². The van der Waals surface area contributed by atoms with Crippen molar-refractivity contribution in [2.75, 3.05) is 0 Å². The van der Waals surface area contributed by atoms with Crippen LogP contribution in [-0.4, -0.2) is 5.97 Å². The van der Waals surface area contributed by atoms with E-state index >= 15 is 0 Å².